The molecule has 0 rings (SSSR count). The van der Waals surface area contributed by atoms with Crippen LogP contribution in [0.2, 0.25) is 0 Å². The van der Waals surface area contributed by atoms with Crippen LogP contribution in [0.15, 0.2) is 0 Å². The molecule has 80 valence electrons. The van der Waals surface area contributed by atoms with E-state index in [0.29, 0.717) is 0 Å². The van der Waals surface area contributed by atoms with Gasteiger partial charge in [0.15, 0.2) is 88.1 Å². The second kappa shape index (κ2) is 58.7. The van der Waals surface area contributed by atoms with Crippen LogP contribution in [0.25, 0.3) is 0 Å². The summed E-state index contributed by atoms with van der Waals surface area (Å²) >= 11 is -7.64. The smallest absolute Gasteiger partial charge is 0.599 e. The molecule has 13 heavy (non-hydrogen) atoms. The van der Waals surface area contributed by atoms with E-state index in [0.717, 1.165) is 0 Å². The first kappa shape index (κ1) is 29.9. The second-order valence-corrected chi connectivity index (χ2v) is 1.69. The molecule has 0 radical (unpaired) electrons. The minimum absolute atomic E-state index is 0. The van der Waals surface area contributed by atoms with Crippen LogP contribution in [-0.2, 0) is 21.7 Å². The van der Waals surface area contributed by atoms with Gasteiger partial charge in [0.05, 0.1) is 0 Å². The Hall–Kier alpha value is 3.31. The summed E-state index contributed by atoms with van der Waals surface area (Å²) in [6, 6.07) is 0. The van der Waals surface area contributed by atoms with Crippen molar-refractivity contribution in [1.29, 1.82) is 0 Å². The molecule has 0 unspecified atom stereocenters. The molecule has 8 nitrogen and oxygen atoms in total. The first-order valence-corrected chi connectivity index (χ1v) is 8.28. The fraction of sp³-hybridized carbons (Fsp3) is 0. The van der Waals surface area contributed by atoms with Crippen molar-refractivity contribution >= 4 is 0 Å². The predicted octanol–water partition coefficient (Wildman–Crippen LogP) is -21.5. The molecule has 0 bridgehead atoms. The average Bonchev–Trinajstić information content (AvgIpc) is 1.92. The van der Waals surface area contributed by atoms with Crippen LogP contribution in [-0.4, -0.2) is 0 Å². The van der Waals surface area contributed by atoms with Gasteiger partial charge in [0.25, 0.3) is 0 Å². The van der Waals surface area contributed by atoms with Gasteiger partial charge in [0.1, 0.15) is 0 Å². The van der Waals surface area contributed by atoms with Crippen LogP contribution in [0.3, 0.4) is 0 Å². The summed E-state index contributed by atoms with van der Waals surface area (Å²) in [4.78, 5) is 0. The summed E-state index contributed by atoms with van der Waals surface area (Å²) in [6.07, 6.45) is 0. The molecule has 0 aliphatic rings. The monoisotopic (exact) mass is 684 g/mol. The van der Waals surface area contributed by atoms with Crippen LogP contribution in [0, 0.1) is 0 Å². The van der Waals surface area contributed by atoms with Gasteiger partial charge in [0.2, 0.25) is 0 Å². The van der Waals surface area contributed by atoms with Crippen LogP contribution < -0.4 is 116 Å². The van der Waals surface area contributed by atoms with Crippen LogP contribution in [0.4, 0.5) is 0 Å². The minimum atomic E-state index is -1.91. The third kappa shape index (κ3) is 247. The molecule has 0 aromatic heterocycles. The number of halogens is 4. The van der Waals surface area contributed by atoms with Gasteiger partial charge in [-0.05, 0) is 0 Å². The Labute approximate surface area is 135 Å². The number of hydrogen-bond acceptors (Lipinski definition) is 8. The summed E-state index contributed by atoms with van der Waals surface area (Å²) in [7, 11) is 0. The molecule has 0 N–H and O–H groups in total. The Kier molecular flexibility index (Phi) is 135. The van der Waals surface area contributed by atoms with Crippen LogP contribution in [0.5, 0.6) is 0 Å². The van der Waals surface area contributed by atoms with Crippen molar-refractivity contribution in [2.24, 2.45) is 0 Å². The SMILES string of the molecule is [O-][I+][O-].[O-][I+][O-].[O-][I+][O-].[O-][I+][O-].[Ti+4]. The van der Waals surface area contributed by atoms with Crippen LogP contribution in [0.1, 0.15) is 0 Å². The van der Waals surface area contributed by atoms with Crippen molar-refractivity contribution < 1.29 is 137 Å². The molecule has 13 heteroatoms. The first-order valence-electron chi connectivity index (χ1n) is 1.23. The molecule has 0 aliphatic heterocycles. The molecule has 0 saturated carbocycles. The zero-order valence-corrected chi connectivity index (χ0v) is 15.5. The zero-order valence-electron chi connectivity index (χ0n) is 5.28. The van der Waals surface area contributed by atoms with Crippen LogP contribution >= 0.6 is 0 Å². The molecule has 0 saturated heterocycles. The number of rotatable bonds is 0. The van der Waals surface area contributed by atoms with Crippen molar-refractivity contribution in [1.82, 2.24) is 0 Å². The molecule has 0 aliphatic carbocycles. The topological polar surface area (TPSA) is 184 Å². The maximum absolute atomic E-state index is 8.48. The van der Waals surface area contributed by atoms with Crippen molar-refractivity contribution in [3.8, 4) is 0 Å². The van der Waals surface area contributed by atoms with E-state index in [1.807, 2.05) is 0 Å². The standard InChI is InChI=1S/4IO2.Ti/c4*2-1-3;/q4*-1;+4. The molecule has 0 spiro atoms. The molecule has 0 heterocycles. The maximum atomic E-state index is 8.48. The van der Waals surface area contributed by atoms with Crippen molar-refractivity contribution in [2.75, 3.05) is 0 Å². The molecular weight excluding hydrogens is 683 g/mol. The van der Waals surface area contributed by atoms with Gasteiger partial charge in [-0.25, -0.2) is 0 Å². The molecular formula is I4O8Ti. The Morgan fingerprint density at radius 2 is 0.385 bits per heavy atom. The fourth-order valence-electron chi connectivity index (χ4n) is 0. The van der Waals surface area contributed by atoms with Gasteiger partial charge in [-0.15, -0.1) is 0 Å². The summed E-state index contributed by atoms with van der Waals surface area (Å²) < 4.78 is 67.9. The van der Waals surface area contributed by atoms with E-state index < -0.39 is 88.1 Å². The van der Waals surface area contributed by atoms with E-state index in [2.05, 4.69) is 0 Å². The summed E-state index contributed by atoms with van der Waals surface area (Å²) in [6.45, 7) is 0. The van der Waals surface area contributed by atoms with Crippen molar-refractivity contribution in [2.45, 2.75) is 0 Å². The van der Waals surface area contributed by atoms with Gasteiger partial charge in [-0.1, -0.05) is 0 Å². The van der Waals surface area contributed by atoms with E-state index in [9.17, 15) is 0 Å². The summed E-state index contributed by atoms with van der Waals surface area (Å²) in [5.74, 6) is 0. The van der Waals surface area contributed by atoms with Gasteiger partial charge in [-0.3, -0.25) is 0 Å². The molecule has 0 aromatic rings. The van der Waals surface area contributed by atoms with E-state index in [-0.39, 0.29) is 21.7 Å². The quantitative estimate of drug-likeness (QED) is 0.178. The minimum Gasteiger partial charge on any atom is -0.599 e. The summed E-state index contributed by atoms with van der Waals surface area (Å²) in [5.41, 5.74) is 0. The van der Waals surface area contributed by atoms with E-state index in [1.54, 1.807) is 0 Å². The average molecular weight is 683 g/mol. The van der Waals surface area contributed by atoms with E-state index >= 15 is 0 Å². The Balaban J connectivity index is -0.0000000213. The van der Waals surface area contributed by atoms with Gasteiger partial charge < -0.3 is 27.5 Å². The molecule has 0 amide bonds. The molecule has 0 atom stereocenters. The first-order chi connectivity index (χ1) is 5.66. The van der Waals surface area contributed by atoms with E-state index in [4.69, 9.17) is 27.5 Å². The van der Waals surface area contributed by atoms with Crippen molar-refractivity contribution in [3.05, 3.63) is 0 Å². The summed E-state index contributed by atoms with van der Waals surface area (Å²) in [5, 5.41) is 0. The zero-order chi connectivity index (χ0) is 10.8. The van der Waals surface area contributed by atoms with Gasteiger partial charge in [0, 0.05) is 0 Å². The maximum Gasteiger partial charge on any atom is 4.00 e. The third-order valence-electron chi connectivity index (χ3n) is 0. The Morgan fingerprint density at radius 1 is 0.385 bits per heavy atom. The predicted molar refractivity (Wildman–Crippen MR) is 0 cm³/mol. The number of hydrogen-bond donors (Lipinski definition) is 0. The normalized spacial score (nSPS) is 5.54. The molecule has 0 aromatic carbocycles. The molecule has 0 fully saturated rings. The van der Waals surface area contributed by atoms with Crippen molar-refractivity contribution in [3.63, 3.8) is 0 Å². The largest absolute Gasteiger partial charge is 4.00 e. The van der Waals surface area contributed by atoms with Gasteiger partial charge >= 0.3 is 21.7 Å². The third-order valence-corrected chi connectivity index (χ3v) is 0. The Bertz CT molecular complexity index is 24.1. The van der Waals surface area contributed by atoms with Gasteiger partial charge in [-0.2, -0.15) is 0 Å². The fourth-order valence-corrected chi connectivity index (χ4v) is 0. The second-order valence-electron chi connectivity index (χ2n) is 0.252. The Morgan fingerprint density at radius 3 is 0.385 bits per heavy atom. The van der Waals surface area contributed by atoms with E-state index in [1.165, 1.54) is 0 Å².